The highest BCUT2D eigenvalue weighted by Crippen LogP contribution is 2.46. The molecule has 1 unspecified atom stereocenters. The molecule has 0 bridgehead atoms. The summed E-state index contributed by atoms with van der Waals surface area (Å²) in [5, 5.41) is 16.0. The smallest absolute Gasteiger partial charge is 0.408 e. The topological polar surface area (TPSA) is 154 Å². The fourth-order valence-electron chi connectivity index (χ4n) is 5.21. The number of allylic oxidation sites excluding steroid dienone is 1. The van der Waals surface area contributed by atoms with Crippen molar-refractivity contribution in [1.82, 2.24) is 20.3 Å². The summed E-state index contributed by atoms with van der Waals surface area (Å²) in [6, 6.07) is -1.93. The number of ether oxygens (including phenoxy) is 1. The summed E-state index contributed by atoms with van der Waals surface area (Å²) in [5.41, 5.74) is -2.01. The standard InChI is InChI=1S/C27H42N4O7S/c1-25(2,3)38-24(36)28-19-11-9-7-5-6-8-10-17-15-27(17,23(35)30-39(37)26(4)12-13-26)29-21(33)20-14-18(32)16-31(20)22(19)34/h8,10,17-20,32H,5-7,9,11-16H2,1-4H3,(H,28,36)(H,29,33)(H,30,35)/b10-8-/t17-,18-,19+,20+,27-,39?/m1/s1. The summed E-state index contributed by atoms with van der Waals surface area (Å²) in [7, 11) is -1.57. The van der Waals surface area contributed by atoms with Gasteiger partial charge >= 0.3 is 6.09 Å². The van der Waals surface area contributed by atoms with Crippen molar-refractivity contribution in [2.45, 2.75) is 120 Å². The second-order valence-corrected chi connectivity index (χ2v) is 14.3. The first-order chi connectivity index (χ1) is 18.2. The van der Waals surface area contributed by atoms with Gasteiger partial charge in [0.1, 0.15) is 34.2 Å². The van der Waals surface area contributed by atoms with E-state index in [4.69, 9.17) is 4.74 Å². The summed E-state index contributed by atoms with van der Waals surface area (Å²) in [4.78, 5) is 54.4. The fraction of sp³-hybridized carbons (Fsp3) is 0.778. The molecule has 0 radical (unpaired) electrons. The molecule has 1 saturated heterocycles. The molecule has 4 N–H and O–H groups in total. The van der Waals surface area contributed by atoms with E-state index in [2.05, 4.69) is 15.4 Å². The van der Waals surface area contributed by atoms with Crippen molar-refractivity contribution >= 4 is 34.8 Å². The molecule has 2 saturated carbocycles. The molecule has 0 aromatic rings. The predicted molar refractivity (Wildman–Crippen MR) is 144 cm³/mol. The van der Waals surface area contributed by atoms with Gasteiger partial charge in [0.2, 0.25) is 11.8 Å². The minimum Gasteiger partial charge on any atom is -0.444 e. The zero-order valence-electron chi connectivity index (χ0n) is 23.3. The summed E-state index contributed by atoms with van der Waals surface area (Å²) in [6.45, 7) is 6.98. The number of nitrogens with one attached hydrogen (secondary N) is 3. The lowest BCUT2D eigenvalue weighted by atomic mass is 10.0. The molecule has 2 heterocycles. The lowest BCUT2D eigenvalue weighted by Gasteiger charge is -2.30. The van der Waals surface area contributed by atoms with Crippen molar-refractivity contribution in [3.63, 3.8) is 0 Å². The highest BCUT2D eigenvalue weighted by atomic mass is 32.2. The summed E-state index contributed by atoms with van der Waals surface area (Å²) < 4.78 is 20.3. The fourth-order valence-corrected chi connectivity index (χ4v) is 6.28. The van der Waals surface area contributed by atoms with E-state index in [1.54, 1.807) is 20.8 Å². The number of carbonyl (C=O) groups is 4. The molecule has 12 heteroatoms. The molecular formula is C27H42N4O7S. The quantitative estimate of drug-likeness (QED) is 0.377. The zero-order chi connectivity index (χ0) is 28.6. The number of nitrogens with zero attached hydrogens (tertiary/aromatic N) is 1. The Bertz CT molecular complexity index is 1050. The molecule has 0 spiro atoms. The van der Waals surface area contributed by atoms with Crippen molar-refractivity contribution in [1.29, 1.82) is 0 Å². The van der Waals surface area contributed by atoms with Crippen molar-refractivity contribution in [3.8, 4) is 0 Å². The first kappa shape index (κ1) is 29.5. The van der Waals surface area contributed by atoms with Gasteiger partial charge in [0.05, 0.1) is 10.9 Å². The molecule has 218 valence electrons. The summed E-state index contributed by atoms with van der Waals surface area (Å²) in [6.07, 6.45) is 7.66. The van der Waals surface area contributed by atoms with E-state index in [-0.39, 0.29) is 18.9 Å². The number of hydrogen-bond acceptors (Lipinski definition) is 7. The minimum absolute atomic E-state index is 0.0128. The van der Waals surface area contributed by atoms with Gasteiger partial charge in [-0.05, 0) is 66.2 Å². The number of hydrogen-bond donors (Lipinski definition) is 4. The van der Waals surface area contributed by atoms with E-state index in [0.717, 1.165) is 32.1 Å². The largest absolute Gasteiger partial charge is 0.444 e. The lowest BCUT2D eigenvalue weighted by Crippen LogP contribution is -2.58. The third kappa shape index (κ3) is 7.00. The van der Waals surface area contributed by atoms with E-state index in [1.165, 1.54) is 4.90 Å². The van der Waals surface area contributed by atoms with Gasteiger partial charge in [-0.25, -0.2) is 9.00 Å². The van der Waals surface area contributed by atoms with Crippen LogP contribution in [0.1, 0.15) is 85.5 Å². The van der Waals surface area contributed by atoms with Crippen LogP contribution < -0.4 is 15.4 Å². The van der Waals surface area contributed by atoms with E-state index < -0.39 is 68.9 Å². The van der Waals surface area contributed by atoms with Crippen LogP contribution in [0.5, 0.6) is 0 Å². The lowest BCUT2D eigenvalue weighted by molar-refractivity contribution is -0.141. The van der Waals surface area contributed by atoms with E-state index in [1.807, 2.05) is 19.1 Å². The van der Waals surface area contributed by atoms with Gasteiger partial charge in [0, 0.05) is 18.9 Å². The molecule has 2 aliphatic heterocycles. The van der Waals surface area contributed by atoms with Gasteiger partial charge in [-0.15, -0.1) is 0 Å². The number of carbonyl (C=O) groups excluding carboxylic acids is 4. The molecule has 39 heavy (non-hydrogen) atoms. The van der Waals surface area contributed by atoms with Crippen molar-refractivity contribution in [3.05, 3.63) is 12.2 Å². The molecule has 4 aliphatic rings. The Morgan fingerprint density at radius 1 is 1.21 bits per heavy atom. The van der Waals surface area contributed by atoms with Crippen molar-refractivity contribution in [2.75, 3.05) is 6.54 Å². The maximum Gasteiger partial charge on any atom is 0.408 e. The van der Waals surface area contributed by atoms with Gasteiger partial charge in [-0.3, -0.25) is 19.1 Å². The van der Waals surface area contributed by atoms with Gasteiger partial charge in [-0.2, -0.15) is 0 Å². The molecule has 0 aromatic carbocycles. The normalized spacial score (nSPS) is 34.2. The Labute approximate surface area is 232 Å². The summed E-state index contributed by atoms with van der Waals surface area (Å²) >= 11 is 0. The molecule has 3 fully saturated rings. The molecule has 4 rings (SSSR count). The maximum absolute atomic E-state index is 13.7. The van der Waals surface area contributed by atoms with Gasteiger partial charge in [-0.1, -0.05) is 25.0 Å². The van der Waals surface area contributed by atoms with Crippen LogP contribution in [0.4, 0.5) is 4.79 Å². The zero-order valence-corrected chi connectivity index (χ0v) is 24.1. The minimum atomic E-state index is -1.57. The van der Waals surface area contributed by atoms with Crippen LogP contribution in [0, 0.1) is 5.92 Å². The number of alkyl carbamates (subject to hydrolysis) is 1. The number of fused-ring (bicyclic) bond motifs is 2. The van der Waals surface area contributed by atoms with Crippen molar-refractivity contribution in [2.24, 2.45) is 5.92 Å². The Morgan fingerprint density at radius 3 is 2.59 bits per heavy atom. The highest BCUT2D eigenvalue weighted by molar-refractivity contribution is 7.85. The molecular weight excluding hydrogens is 524 g/mol. The van der Waals surface area contributed by atoms with E-state index >= 15 is 0 Å². The van der Waals surface area contributed by atoms with Gasteiger partial charge in [0.15, 0.2) is 0 Å². The first-order valence-electron chi connectivity index (χ1n) is 13.9. The Balaban J connectivity index is 1.55. The molecule has 0 aromatic heterocycles. The number of aliphatic hydroxyl groups excluding tert-OH is 1. The Hall–Kier alpha value is -2.47. The average molecular weight is 567 g/mol. The Kier molecular flexibility index (Phi) is 8.47. The van der Waals surface area contributed by atoms with Crippen molar-refractivity contribution < 1.29 is 33.2 Å². The second-order valence-electron chi connectivity index (χ2n) is 12.6. The van der Waals surface area contributed by atoms with E-state index in [9.17, 15) is 28.5 Å². The van der Waals surface area contributed by atoms with Crippen LogP contribution >= 0.6 is 0 Å². The summed E-state index contributed by atoms with van der Waals surface area (Å²) in [5.74, 6) is -1.78. The molecule has 2 aliphatic carbocycles. The van der Waals surface area contributed by atoms with Crippen LogP contribution in [0.3, 0.4) is 0 Å². The highest BCUT2D eigenvalue weighted by Gasteiger charge is 2.62. The number of amides is 4. The molecule has 4 amide bonds. The van der Waals surface area contributed by atoms with Gasteiger partial charge < -0.3 is 25.4 Å². The van der Waals surface area contributed by atoms with Crippen LogP contribution in [0.25, 0.3) is 0 Å². The monoisotopic (exact) mass is 566 g/mol. The third-order valence-corrected chi connectivity index (χ3v) is 9.61. The average Bonchev–Trinajstić information content (AvgIpc) is 3.71. The van der Waals surface area contributed by atoms with E-state index in [0.29, 0.717) is 19.3 Å². The third-order valence-electron chi connectivity index (χ3n) is 7.94. The Morgan fingerprint density at radius 2 is 1.92 bits per heavy atom. The van der Waals surface area contributed by atoms with Gasteiger partial charge in [0.25, 0.3) is 5.91 Å². The molecule has 6 atom stereocenters. The number of rotatable bonds is 4. The first-order valence-corrected chi connectivity index (χ1v) is 15.1. The van der Waals surface area contributed by atoms with Crippen LogP contribution in [0.2, 0.25) is 0 Å². The second kappa shape index (κ2) is 11.2. The predicted octanol–water partition coefficient (Wildman–Crippen LogP) is 1.57. The van der Waals surface area contributed by atoms with Crippen LogP contribution in [0.15, 0.2) is 12.2 Å². The number of aliphatic hydroxyl groups is 1. The maximum atomic E-state index is 13.7. The van der Waals surface area contributed by atoms with Crippen LogP contribution in [-0.4, -0.2) is 78.6 Å². The SMILES string of the molecule is CC(C)(C)OC(=O)N[C@H]1CCCCC/C=C\[C@@H]2C[C@@]2(C(=O)NS(=O)C2(C)CC2)NC(=O)[C@@H]2C[C@@H](O)CN2C1=O. The molecule has 11 nitrogen and oxygen atoms in total. The van der Waals surface area contributed by atoms with Crippen LogP contribution in [-0.2, 0) is 30.1 Å².